The molecule has 0 atom stereocenters. The Hall–Kier alpha value is -3.97. The van der Waals surface area contributed by atoms with Gasteiger partial charge in [0.15, 0.2) is 17.2 Å². The average molecular weight is 452 g/mol. The summed E-state index contributed by atoms with van der Waals surface area (Å²) >= 11 is 6.04. The zero-order valence-electron chi connectivity index (χ0n) is 16.7. The van der Waals surface area contributed by atoms with Crippen LogP contribution in [-0.4, -0.2) is 24.9 Å². The number of cyclic esters (lactones) is 1. The quantitative estimate of drug-likeness (QED) is 0.308. The predicted molar refractivity (Wildman–Crippen MR) is 116 cm³/mol. The summed E-state index contributed by atoms with van der Waals surface area (Å²) in [5, 5.41) is 0.265. The van der Waals surface area contributed by atoms with Crippen LogP contribution in [0.25, 0.3) is 6.08 Å². The number of hydrogen-bond donors (Lipinski definition) is 0. The van der Waals surface area contributed by atoms with Crippen molar-refractivity contribution in [1.29, 1.82) is 0 Å². The number of benzene rings is 3. The van der Waals surface area contributed by atoms with Crippen LogP contribution < -0.4 is 9.47 Å². The van der Waals surface area contributed by atoms with Crippen LogP contribution in [-0.2, 0) is 9.53 Å². The molecule has 0 spiro atoms. The predicted octanol–water partition coefficient (Wildman–Crippen LogP) is 5.05. The van der Waals surface area contributed by atoms with E-state index >= 15 is 0 Å². The third-order valence-electron chi connectivity index (χ3n) is 4.51. The summed E-state index contributed by atoms with van der Waals surface area (Å²) in [4.78, 5) is 28.7. The minimum Gasteiger partial charge on any atom is -0.493 e. The molecule has 1 heterocycles. The molecule has 1 aliphatic rings. The molecule has 0 amide bonds. The topological polar surface area (TPSA) is 74.2 Å². The zero-order chi connectivity index (χ0) is 22.7. The third kappa shape index (κ3) is 4.38. The lowest BCUT2D eigenvalue weighted by Gasteiger charge is -2.10. The van der Waals surface area contributed by atoms with Crippen LogP contribution >= 0.6 is 11.6 Å². The van der Waals surface area contributed by atoms with E-state index in [9.17, 15) is 14.0 Å². The molecular formula is C24H15ClFNO5. The van der Waals surface area contributed by atoms with Gasteiger partial charge in [-0.1, -0.05) is 41.9 Å². The molecule has 4 rings (SSSR count). The molecule has 160 valence electrons. The second kappa shape index (κ2) is 9.03. The smallest absolute Gasteiger partial charge is 0.363 e. The van der Waals surface area contributed by atoms with Crippen molar-refractivity contribution in [2.75, 3.05) is 7.11 Å². The summed E-state index contributed by atoms with van der Waals surface area (Å²) in [6.45, 7) is 0. The van der Waals surface area contributed by atoms with E-state index in [2.05, 4.69) is 4.99 Å². The number of carbonyl (C=O) groups is 2. The minimum atomic E-state index is -0.712. The Morgan fingerprint density at radius 3 is 2.56 bits per heavy atom. The molecule has 0 saturated heterocycles. The zero-order valence-corrected chi connectivity index (χ0v) is 17.4. The summed E-state index contributed by atoms with van der Waals surface area (Å²) in [6, 6.07) is 17.1. The molecule has 0 bridgehead atoms. The van der Waals surface area contributed by atoms with Crippen molar-refractivity contribution in [1.82, 2.24) is 0 Å². The van der Waals surface area contributed by atoms with E-state index in [0.29, 0.717) is 5.56 Å². The second-order valence-electron chi connectivity index (χ2n) is 6.60. The monoisotopic (exact) mass is 451 g/mol. The minimum absolute atomic E-state index is 0.00822. The molecule has 6 nitrogen and oxygen atoms in total. The molecule has 0 radical (unpaired) electrons. The van der Waals surface area contributed by atoms with Gasteiger partial charge in [0.05, 0.1) is 23.3 Å². The molecular weight excluding hydrogens is 437 g/mol. The second-order valence-corrected chi connectivity index (χ2v) is 7.00. The molecule has 0 unspecified atom stereocenters. The number of nitrogens with zero attached hydrogens (tertiary/aromatic N) is 1. The molecule has 3 aromatic carbocycles. The van der Waals surface area contributed by atoms with Gasteiger partial charge >= 0.3 is 11.9 Å². The largest absolute Gasteiger partial charge is 0.493 e. The first-order valence-corrected chi connectivity index (χ1v) is 9.76. The molecule has 0 N–H and O–H groups in total. The van der Waals surface area contributed by atoms with E-state index in [1.807, 2.05) is 0 Å². The first-order chi connectivity index (χ1) is 15.5. The molecule has 0 aliphatic carbocycles. The summed E-state index contributed by atoms with van der Waals surface area (Å²) in [7, 11) is 1.41. The van der Waals surface area contributed by atoms with Crippen LogP contribution in [0.1, 0.15) is 21.5 Å². The number of methoxy groups -OCH3 is 1. The standard InChI is InChI=1S/C24H15ClFNO5/c1-30-21-13-14(10-11-20(21)31-23(28)15-6-2-4-8-17(15)25)12-19-24(29)32-22(27-19)16-7-3-5-9-18(16)26/h2-13H,1H3/b19-12-. The van der Waals surface area contributed by atoms with E-state index in [-0.39, 0.29) is 39.2 Å². The van der Waals surface area contributed by atoms with Gasteiger partial charge in [-0.3, -0.25) is 0 Å². The molecule has 32 heavy (non-hydrogen) atoms. The van der Waals surface area contributed by atoms with Crippen molar-refractivity contribution in [3.05, 3.63) is 100.0 Å². The van der Waals surface area contributed by atoms with Crippen molar-refractivity contribution in [2.45, 2.75) is 0 Å². The van der Waals surface area contributed by atoms with Crippen molar-refractivity contribution in [2.24, 2.45) is 4.99 Å². The van der Waals surface area contributed by atoms with Gasteiger partial charge in [0, 0.05) is 0 Å². The lowest BCUT2D eigenvalue weighted by Crippen LogP contribution is -2.09. The molecule has 0 saturated carbocycles. The highest BCUT2D eigenvalue weighted by Crippen LogP contribution is 2.31. The van der Waals surface area contributed by atoms with E-state index in [4.69, 9.17) is 25.8 Å². The molecule has 1 aliphatic heterocycles. The summed E-state index contributed by atoms with van der Waals surface area (Å²) < 4.78 is 29.8. The maximum Gasteiger partial charge on any atom is 0.363 e. The highest BCUT2D eigenvalue weighted by atomic mass is 35.5. The van der Waals surface area contributed by atoms with Gasteiger partial charge in [-0.25, -0.2) is 19.0 Å². The Kier molecular flexibility index (Phi) is 6.00. The average Bonchev–Trinajstić information content (AvgIpc) is 3.15. The SMILES string of the molecule is COc1cc(/C=C2\N=C(c3ccccc3F)OC2=O)ccc1OC(=O)c1ccccc1Cl. The Labute approximate surface area is 187 Å². The molecule has 3 aromatic rings. The summed E-state index contributed by atoms with van der Waals surface area (Å²) in [6.07, 6.45) is 1.46. The number of aliphatic imine (C=N–C) groups is 1. The van der Waals surface area contributed by atoms with Gasteiger partial charge in [0.1, 0.15) is 5.82 Å². The van der Waals surface area contributed by atoms with Gasteiger partial charge < -0.3 is 14.2 Å². The van der Waals surface area contributed by atoms with Crippen molar-refractivity contribution < 1.29 is 28.2 Å². The Bertz CT molecular complexity index is 1280. The number of ether oxygens (including phenoxy) is 3. The lowest BCUT2D eigenvalue weighted by atomic mass is 10.1. The van der Waals surface area contributed by atoms with Gasteiger partial charge in [-0.05, 0) is 48.0 Å². The molecule has 8 heteroatoms. The van der Waals surface area contributed by atoms with Gasteiger partial charge in [-0.2, -0.15) is 0 Å². The lowest BCUT2D eigenvalue weighted by molar-refractivity contribution is -0.129. The van der Waals surface area contributed by atoms with E-state index in [1.54, 1.807) is 42.5 Å². The maximum absolute atomic E-state index is 14.0. The Balaban J connectivity index is 1.60. The van der Waals surface area contributed by atoms with E-state index < -0.39 is 17.8 Å². The number of hydrogen-bond acceptors (Lipinski definition) is 6. The van der Waals surface area contributed by atoms with Crippen LogP contribution in [0, 0.1) is 5.82 Å². The van der Waals surface area contributed by atoms with Gasteiger partial charge in [0.25, 0.3) is 0 Å². The van der Waals surface area contributed by atoms with Gasteiger partial charge in [-0.15, -0.1) is 0 Å². The van der Waals surface area contributed by atoms with Crippen LogP contribution in [0.4, 0.5) is 4.39 Å². The number of rotatable bonds is 5. The fraction of sp³-hybridized carbons (Fsp3) is 0.0417. The van der Waals surface area contributed by atoms with E-state index in [1.165, 1.54) is 37.5 Å². The number of carbonyl (C=O) groups excluding carboxylic acids is 2. The first kappa shape index (κ1) is 21.3. The summed E-state index contributed by atoms with van der Waals surface area (Å²) in [5.74, 6) is -1.59. The van der Waals surface area contributed by atoms with Crippen LogP contribution in [0.5, 0.6) is 11.5 Å². The van der Waals surface area contributed by atoms with Crippen LogP contribution in [0.3, 0.4) is 0 Å². The van der Waals surface area contributed by atoms with Crippen LogP contribution in [0.2, 0.25) is 5.02 Å². The molecule has 0 aromatic heterocycles. The fourth-order valence-corrected chi connectivity index (χ4v) is 3.17. The third-order valence-corrected chi connectivity index (χ3v) is 4.84. The molecule has 0 fully saturated rings. The number of esters is 2. The van der Waals surface area contributed by atoms with Crippen molar-refractivity contribution in [3.63, 3.8) is 0 Å². The number of halogens is 2. The highest BCUT2D eigenvalue weighted by Gasteiger charge is 2.26. The van der Waals surface area contributed by atoms with Crippen molar-refractivity contribution >= 4 is 35.5 Å². The Morgan fingerprint density at radius 2 is 1.81 bits per heavy atom. The van der Waals surface area contributed by atoms with Gasteiger partial charge in [0.2, 0.25) is 5.90 Å². The van der Waals surface area contributed by atoms with Crippen LogP contribution in [0.15, 0.2) is 77.4 Å². The highest BCUT2D eigenvalue weighted by molar-refractivity contribution is 6.33. The van der Waals surface area contributed by atoms with E-state index in [0.717, 1.165) is 0 Å². The first-order valence-electron chi connectivity index (χ1n) is 9.38. The maximum atomic E-state index is 14.0. The van der Waals surface area contributed by atoms with Crippen molar-refractivity contribution in [3.8, 4) is 11.5 Å². The fourth-order valence-electron chi connectivity index (χ4n) is 2.96. The Morgan fingerprint density at radius 1 is 1.06 bits per heavy atom. The normalized spacial score (nSPS) is 14.2. The summed E-state index contributed by atoms with van der Waals surface area (Å²) in [5.41, 5.74) is 0.825.